The van der Waals surface area contributed by atoms with E-state index in [-0.39, 0.29) is 216 Å². The number of aromatic nitrogens is 1. The Kier molecular flexibility index (Phi) is 36.2. The van der Waals surface area contributed by atoms with Crippen molar-refractivity contribution in [2.24, 2.45) is 0 Å². The van der Waals surface area contributed by atoms with Crippen LogP contribution in [0.5, 0.6) is 196 Å². The molecule has 0 unspecified atom stereocenters. The zero-order valence-corrected chi connectivity index (χ0v) is 73.8. The fourth-order valence-electron chi connectivity index (χ4n) is 11.6. The highest BCUT2D eigenvalue weighted by Crippen LogP contribution is 2.41. The van der Waals surface area contributed by atoms with Gasteiger partial charge in [-0.2, -0.15) is 4.98 Å². The highest BCUT2D eigenvalue weighted by atomic mass is 16.5. The number of pyridine rings is 1. The van der Waals surface area contributed by atoms with Crippen LogP contribution in [0, 0.1) is 0 Å². The van der Waals surface area contributed by atoms with E-state index in [2.05, 4.69) is 31.6 Å². The van der Waals surface area contributed by atoms with E-state index in [1.165, 1.54) is 194 Å². The average Bonchev–Trinajstić information content (AvgIpc) is 0.747. The molecular weight excluding hydrogens is 1860 g/mol. The number of rotatable bonds is 27. The van der Waals surface area contributed by atoms with Crippen LogP contribution in [0.25, 0.3) is 0 Å². The van der Waals surface area contributed by atoms with Crippen molar-refractivity contribution in [2.75, 3.05) is 35.7 Å². The van der Waals surface area contributed by atoms with Gasteiger partial charge in [0, 0.05) is 96.6 Å². The van der Waals surface area contributed by atoms with Crippen LogP contribution in [-0.4, -0.2) is 177 Å². The molecule has 0 aliphatic carbocycles. The SMILES string of the molecule is O=C(CCc1ccc(O)c(O)c1)NCCc1ccc(O)c(O)c1.O=C(COc1ccc(O)c(O)c1)NCc1ccc(O)c(O)c1.O=C(COc1ccc(O)c(O)c1)Nc1ccc(O)c(O)c1.O=C(Nc1ccc(Oc2ccc(O)c(O)c2)cc1)c1ccc(O)c(O)c1.O=C(Nc1ccccc1Oc1ccc(O)c(O)c1)c1ccc(O)c(O)c1.Oc1ccc(Oc2cccc(Oc3ccc(O)c(O)c3)n2)cc1O. The molecule has 41 heteroatoms. The standard InChI is InChI=1S/2C19H15NO6.C17H13NO6.C17H19NO5.C15H15NO6.C14H13NO6/c21-15-7-1-11(9-17(15)23)19(25)20-12-2-4-13(5-3-12)26-14-6-8-16(22)18(24)10-14;21-14-7-5-11(9-16(14)23)19(25)20-13-3-1-2-4-18(13)26-12-6-8-15(22)17(24)10-12;19-12-6-4-10(8-14(12)21)23-16-2-1-3-17(18-16)24-11-5-7-13(20)15(22)9-11;19-13-4-1-11(9-15(13)21)3-6-17(23)18-8-7-12-2-5-14(20)16(22)10-12;17-11-3-1-9(5-13(11)19)7-16-15(21)8-22-10-2-4-12(18)14(20)6-10;16-10-3-1-8(5-12(10)18)15-14(20)7-21-9-2-4-11(17)13(19)6-9/h2*1-10,21-24H,(H,20,25);1-9,19-22H;1-2,4-5,9-10,19-22H,3,6-8H2,(H,18,23);1-6,17-20H,7-8H2,(H,16,21);1-6,16-19H,7H2,(H,15,20). The lowest BCUT2D eigenvalue weighted by molar-refractivity contribution is -0.123. The second-order valence-corrected chi connectivity index (χ2v) is 29.6. The Bertz CT molecular complexity index is 6840. The van der Waals surface area contributed by atoms with Crippen molar-refractivity contribution in [1.82, 2.24) is 15.6 Å². The molecule has 142 heavy (non-hydrogen) atoms. The van der Waals surface area contributed by atoms with Gasteiger partial charge in [-0.25, -0.2) is 0 Å². The summed E-state index contributed by atoms with van der Waals surface area (Å²) in [5, 5.41) is 237. The number of hydrogen-bond acceptors (Lipinski definition) is 36. The van der Waals surface area contributed by atoms with E-state index in [0.29, 0.717) is 59.3 Å². The molecule has 14 aromatic carbocycles. The maximum Gasteiger partial charge on any atom is 0.262 e. The summed E-state index contributed by atoms with van der Waals surface area (Å²) >= 11 is 0. The molecule has 0 radical (unpaired) electrons. The smallest absolute Gasteiger partial charge is 0.262 e. The van der Waals surface area contributed by atoms with E-state index in [1.807, 2.05) is 0 Å². The second kappa shape index (κ2) is 49.5. The van der Waals surface area contributed by atoms with Crippen LogP contribution >= 0.6 is 0 Å². The Morgan fingerprint density at radius 1 is 0.239 bits per heavy atom. The summed E-state index contributed by atoms with van der Waals surface area (Å²) in [6.07, 6.45) is 1.27. The Morgan fingerprint density at radius 3 is 1.00 bits per heavy atom. The van der Waals surface area contributed by atoms with E-state index in [1.54, 1.807) is 84.9 Å². The fourth-order valence-corrected chi connectivity index (χ4v) is 11.6. The van der Waals surface area contributed by atoms with Crippen molar-refractivity contribution in [1.29, 1.82) is 0 Å². The van der Waals surface area contributed by atoms with E-state index >= 15 is 0 Å². The minimum absolute atomic E-state index is 0.124. The predicted molar refractivity (Wildman–Crippen MR) is 507 cm³/mol. The molecule has 1 heterocycles. The van der Waals surface area contributed by atoms with Gasteiger partial charge in [0.05, 0.1) is 5.69 Å². The van der Waals surface area contributed by atoms with E-state index in [4.69, 9.17) is 43.7 Å². The predicted octanol–water partition coefficient (Wildman–Crippen LogP) is 15.1. The van der Waals surface area contributed by atoms with E-state index in [9.17, 15) is 131 Å². The molecule has 0 bridgehead atoms. The Labute approximate surface area is 803 Å². The number of amides is 5. The first-order chi connectivity index (χ1) is 67.7. The summed E-state index contributed by atoms with van der Waals surface area (Å²) in [5.41, 5.74) is 3.69. The van der Waals surface area contributed by atoms with Gasteiger partial charge in [0.15, 0.2) is 157 Å². The number of carbonyl (C=O) groups is 5. The summed E-state index contributed by atoms with van der Waals surface area (Å²) in [7, 11) is 0. The van der Waals surface area contributed by atoms with Gasteiger partial charge in [0.25, 0.3) is 23.6 Å². The van der Waals surface area contributed by atoms with Gasteiger partial charge in [-0.1, -0.05) is 36.4 Å². The Hall–Kier alpha value is -20.4. The lowest BCUT2D eigenvalue weighted by atomic mass is 10.1. The van der Waals surface area contributed by atoms with Crippen molar-refractivity contribution in [3.05, 3.63) is 313 Å². The number of phenolic OH excluding ortho intramolecular Hbond substituents is 24. The third-order valence-corrected chi connectivity index (χ3v) is 19.0. The molecule has 15 aromatic rings. The zero-order chi connectivity index (χ0) is 103. The molecule has 734 valence electrons. The topological polar surface area (TPSA) is 699 Å². The number of hydrogen-bond donors (Lipinski definition) is 29. The lowest BCUT2D eigenvalue weighted by Gasteiger charge is -2.13. The number of aromatic hydroxyl groups is 24. The molecule has 0 aliphatic rings. The summed E-state index contributed by atoms with van der Waals surface area (Å²) in [5.74, 6) is -5.88. The minimum atomic E-state index is -0.509. The average molecular weight is 1950 g/mol. The molecule has 0 aliphatic heterocycles. The number of nitrogens with zero attached hydrogens (tertiary/aromatic N) is 1. The molecule has 41 nitrogen and oxygen atoms in total. The monoisotopic (exact) mass is 1950 g/mol. The molecule has 29 N–H and O–H groups in total. The highest BCUT2D eigenvalue weighted by Gasteiger charge is 2.19. The Balaban J connectivity index is 0.000000175. The van der Waals surface area contributed by atoms with Gasteiger partial charge in [0.1, 0.15) is 40.2 Å². The van der Waals surface area contributed by atoms with Gasteiger partial charge in [0.2, 0.25) is 17.7 Å². The van der Waals surface area contributed by atoms with Crippen LogP contribution in [0.4, 0.5) is 17.1 Å². The van der Waals surface area contributed by atoms with Crippen LogP contribution in [0.15, 0.2) is 285 Å². The van der Waals surface area contributed by atoms with Crippen molar-refractivity contribution in [3.63, 3.8) is 0 Å². The van der Waals surface area contributed by atoms with Crippen LogP contribution in [0.2, 0.25) is 0 Å². The van der Waals surface area contributed by atoms with Crippen LogP contribution in [0.3, 0.4) is 0 Å². The molecule has 5 amide bonds. The normalized spacial score (nSPS) is 10.3. The molecule has 0 atom stereocenters. The van der Waals surface area contributed by atoms with E-state index in [0.717, 1.165) is 17.2 Å². The fraction of sp³-hybridized carbons (Fsp3) is 0.0693. The summed E-state index contributed by atoms with van der Waals surface area (Å²) < 4.78 is 32.5. The number of carbonyl (C=O) groups excluding carboxylic acids is 5. The third-order valence-electron chi connectivity index (χ3n) is 19.0. The number of nitrogens with one attached hydrogen (secondary N) is 5. The van der Waals surface area contributed by atoms with Gasteiger partial charge in [-0.3, -0.25) is 24.0 Å². The van der Waals surface area contributed by atoms with E-state index < -0.39 is 29.4 Å². The van der Waals surface area contributed by atoms with Crippen molar-refractivity contribution < 1.29 is 175 Å². The van der Waals surface area contributed by atoms with Gasteiger partial charge in [-0.05, 0) is 224 Å². The molecule has 0 spiro atoms. The van der Waals surface area contributed by atoms with Gasteiger partial charge in [-0.15, -0.1) is 0 Å². The van der Waals surface area contributed by atoms with Crippen LogP contribution in [-0.2, 0) is 33.8 Å². The summed E-state index contributed by atoms with van der Waals surface area (Å²) in [6.45, 7) is -0.0130. The van der Waals surface area contributed by atoms with Crippen molar-refractivity contribution >= 4 is 46.6 Å². The number of phenols is 24. The highest BCUT2D eigenvalue weighted by molar-refractivity contribution is 6.06. The maximum absolute atomic E-state index is 12.3. The first-order valence-electron chi connectivity index (χ1n) is 41.5. The van der Waals surface area contributed by atoms with Gasteiger partial charge < -0.3 is 178 Å². The third kappa shape index (κ3) is 32.2. The minimum Gasteiger partial charge on any atom is -0.504 e. The van der Waals surface area contributed by atoms with Crippen LogP contribution in [0.1, 0.15) is 43.8 Å². The first kappa shape index (κ1) is 104. The first-order valence-corrected chi connectivity index (χ1v) is 41.5. The quantitative estimate of drug-likeness (QED) is 0.0168. The number of aryl methyl sites for hydroxylation is 1. The number of anilines is 3. The molecular formula is C101H90N6O35. The zero-order valence-electron chi connectivity index (χ0n) is 73.8. The molecule has 0 fully saturated rings. The van der Waals surface area contributed by atoms with Gasteiger partial charge >= 0.3 is 0 Å². The van der Waals surface area contributed by atoms with Crippen molar-refractivity contribution in [3.8, 4) is 196 Å². The number of ether oxygens (including phenoxy) is 6. The molecule has 0 saturated heterocycles. The molecule has 15 rings (SSSR count). The molecule has 0 saturated carbocycles. The van der Waals surface area contributed by atoms with Crippen LogP contribution < -0.4 is 55.0 Å². The number of para-hydroxylation sites is 2. The summed E-state index contributed by atoms with van der Waals surface area (Å²) in [6, 6.07) is 66.4. The maximum atomic E-state index is 12.3. The van der Waals surface area contributed by atoms with Crippen molar-refractivity contribution in [2.45, 2.75) is 25.8 Å². The second-order valence-electron chi connectivity index (χ2n) is 29.6. The Morgan fingerprint density at radius 2 is 0.570 bits per heavy atom. The summed E-state index contributed by atoms with van der Waals surface area (Å²) in [4.78, 5) is 63.7. The largest absolute Gasteiger partial charge is 0.504 e. The molecule has 1 aromatic heterocycles. The lowest BCUT2D eigenvalue weighted by Crippen LogP contribution is -2.28. The number of benzene rings is 14.